The maximum absolute atomic E-state index is 5.30. The third kappa shape index (κ3) is 3.73. The highest BCUT2D eigenvalue weighted by atomic mass is 16.7. The lowest BCUT2D eigenvalue weighted by Gasteiger charge is -2.20. The first-order chi connectivity index (χ1) is 5.43. The molecule has 0 aromatic heterocycles. The molecule has 0 heterocycles. The van der Waals surface area contributed by atoms with Gasteiger partial charge in [-0.3, -0.25) is 0 Å². The topological polar surface area (TPSA) is 18.5 Å². The summed E-state index contributed by atoms with van der Waals surface area (Å²) in [7, 11) is 1.67. The summed E-state index contributed by atoms with van der Waals surface area (Å²) < 4.78 is 10.1. The molecule has 0 unspecified atom stereocenters. The minimum atomic E-state index is 0.455. The van der Waals surface area contributed by atoms with Crippen molar-refractivity contribution in [2.24, 2.45) is 5.92 Å². The third-order valence-electron chi connectivity index (χ3n) is 2.28. The van der Waals surface area contributed by atoms with E-state index in [0.717, 1.165) is 12.5 Å². The molecule has 0 atom stereocenters. The standard InChI is InChI=1S/C9H18O2/c1-10-8-11-7-9-5-3-2-4-6-9/h9H,2-8H2,1H3. The van der Waals surface area contributed by atoms with Crippen LogP contribution in [0.4, 0.5) is 0 Å². The van der Waals surface area contributed by atoms with E-state index in [1.807, 2.05) is 0 Å². The number of ether oxygens (including phenoxy) is 2. The molecule has 1 rings (SSSR count). The van der Waals surface area contributed by atoms with Crippen LogP contribution in [0.5, 0.6) is 0 Å². The molecule has 0 N–H and O–H groups in total. The number of hydrogen-bond donors (Lipinski definition) is 0. The highest BCUT2D eigenvalue weighted by molar-refractivity contribution is 4.64. The summed E-state index contributed by atoms with van der Waals surface area (Å²) in [5, 5.41) is 0. The maximum Gasteiger partial charge on any atom is 0.146 e. The highest BCUT2D eigenvalue weighted by Crippen LogP contribution is 2.23. The summed E-state index contributed by atoms with van der Waals surface area (Å²) in [4.78, 5) is 0. The summed E-state index contributed by atoms with van der Waals surface area (Å²) in [5.74, 6) is 0.805. The van der Waals surface area contributed by atoms with Crippen molar-refractivity contribution < 1.29 is 9.47 Å². The van der Waals surface area contributed by atoms with Gasteiger partial charge in [-0.15, -0.1) is 0 Å². The van der Waals surface area contributed by atoms with Gasteiger partial charge in [0.15, 0.2) is 0 Å². The second-order valence-corrected chi connectivity index (χ2v) is 3.28. The lowest BCUT2D eigenvalue weighted by molar-refractivity contribution is -0.0470. The van der Waals surface area contributed by atoms with E-state index in [1.54, 1.807) is 7.11 Å². The van der Waals surface area contributed by atoms with Gasteiger partial charge in [0, 0.05) is 7.11 Å². The first kappa shape index (κ1) is 9.01. The van der Waals surface area contributed by atoms with Crippen molar-refractivity contribution in [1.29, 1.82) is 0 Å². The van der Waals surface area contributed by atoms with Crippen LogP contribution in [-0.2, 0) is 9.47 Å². The Hall–Kier alpha value is -0.0800. The van der Waals surface area contributed by atoms with Gasteiger partial charge in [-0.05, 0) is 18.8 Å². The molecule has 0 aliphatic heterocycles. The van der Waals surface area contributed by atoms with Gasteiger partial charge in [0.1, 0.15) is 6.79 Å². The Morgan fingerprint density at radius 2 is 1.91 bits per heavy atom. The van der Waals surface area contributed by atoms with E-state index in [2.05, 4.69) is 0 Å². The lowest BCUT2D eigenvalue weighted by atomic mass is 9.90. The predicted molar refractivity (Wildman–Crippen MR) is 44.4 cm³/mol. The Balaban J connectivity index is 1.96. The average Bonchev–Trinajstić information content (AvgIpc) is 2.07. The summed E-state index contributed by atoms with van der Waals surface area (Å²) in [6.45, 7) is 1.35. The van der Waals surface area contributed by atoms with Crippen molar-refractivity contribution in [2.45, 2.75) is 32.1 Å². The van der Waals surface area contributed by atoms with Crippen molar-refractivity contribution in [2.75, 3.05) is 20.5 Å². The van der Waals surface area contributed by atoms with Crippen molar-refractivity contribution in [3.05, 3.63) is 0 Å². The number of rotatable bonds is 4. The molecule has 0 saturated heterocycles. The van der Waals surface area contributed by atoms with Crippen LogP contribution in [0, 0.1) is 5.92 Å². The van der Waals surface area contributed by atoms with Crippen LogP contribution in [0.2, 0.25) is 0 Å². The molecule has 0 aromatic carbocycles. The zero-order valence-corrected chi connectivity index (χ0v) is 7.34. The van der Waals surface area contributed by atoms with Crippen LogP contribution in [-0.4, -0.2) is 20.5 Å². The van der Waals surface area contributed by atoms with Crippen molar-refractivity contribution in [3.8, 4) is 0 Å². The summed E-state index contributed by atoms with van der Waals surface area (Å²) >= 11 is 0. The normalized spacial score (nSPS) is 20.5. The monoisotopic (exact) mass is 158 g/mol. The average molecular weight is 158 g/mol. The van der Waals surface area contributed by atoms with E-state index < -0.39 is 0 Å². The van der Waals surface area contributed by atoms with Crippen LogP contribution in [0.3, 0.4) is 0 Å². The molecule has 1 aliphatic rings. The van der Waals surface area contributed by atoms with Crippen molar-refractivity contribution in [3.63, 3.8) is 0 Å². The molecule has 1 fully saturated rings. The molecule has 1 aliphatic carbocycles. The molecule has 0 amide bonds. The van der Waals surface area contributed by atoms with Gasteiger partial charge in [-0.25, -0.2) is 0 Å². The van der Waals surface area contributed by atoms with Gasteiger partial charge < -0.3 is 9.47 Å². The second-order valence-electron chi connectivity index (χ2n) is 3.28. The molecule has 2 nitrogen and oxygen atoms in total. The largest absolute Gasteiger partial charge is 0.359 e. The molecule has 66 valence electrons. The number of methoxy groups -OCH3 is 1. The zero-order valence-electron chi connectivity index (χ0n) is 7.34. The Morgan fingerprint density at radius 1 is 1.18 bits per heavy atom. The molecule has 11 heavy (non-hydrogen) atoms. The Labute approximate surface area is 68.9 Å². The molecular formula is C9H18O2. The van der Waals surface area contributed by atoms with Crippen LogP contribution < -0.4 is 0 Å². The summed E-state index contributed by atoms with van der Waals surface area (Å²) in [5.41, 5.74) is 0. The van der Waals surface area contributed by atoms with E-state index in [-0.39, 0.29) is 0 Å². The van der Waals surface area contributed by atoms with Gasteiger partial charge in [0.05, 0.1) is 6.61 Å². The van der Waals surface area contributed by atoms with Gasteiger partial charge in [-0.1, -0.05) is 19.3 Å². The SMILES string of the molecule is COCOCC1CCCCC1. The van der Waals surface area contributed by atoms with Crippen LogP contribution >= 0.6 is 0 Å². The van der Waals surface area contributed by atoms with Crippen molar-refractivity contribution >= 4 is 0 Å². The Kier molecular flexibility index (Phi) is 4.55. The maximum atomic E-state index is 5.30. The Bertz CT molecular complexity index is 87.6. The van der Waals surface area contributed by atoms with E-state index in [9.17, 15) is 0 Å². The van der Waals surface area contributed by atoms with Crippen LogP contribution in [0.15, 0.2) is 0 Å². The third-order valence-corrected chi connectivity index (χ3v) is 2.28. The summed E-state index contributed by atoms with van der Waals surface area (Å²) in [6.07, 6.45) is 6.90. The fourth-order valence-electron chi connectivity index (χ4n) is 1.65. The zero-order chi connectivity index (χ0) is 7.94. The van der Waals surface area contributed by atoms with E-state index in [4.69, 9.17) is 9.47 Å². The molecular weight excluding hydrogens is 140 g/mol. The van der Waals surface area contributed by atoms with Crippen LogP contribution in [0.25, 0.3) is 0 Å². The molecule has 1 saturated carbocycles. The predicted octanol–water partition coefficient (Wildman–Crippen LogP) is 2.19. The number of hydrogen-bond acceptors (Lipinski definition) is 2. The minimum Gasteiger partial charge on any atom is -0.359 e. The fraction of sp³-hybridized carbons (Fsp3) is 1.00. The second kappa shape index (κ2) is 5.56. The fourth-order valence-corrected chi connectivity index (χ4v) is 1.65. The quantitative estimate of drug-likeness (QED) is 0.461. The molecule has 0 bridgehead atoms. The molecule has 0 spiro atoms. The van der Waals surface area contributed by atoms with Crippen LogP contribution in [0.1, 0.15) is 32.1 Å². The smallest absolute Gasteiger partial charge is 0.146 e. The minimum absolute atomic E-state index is 0.455. The van der Waals surface area contributed by atoms with Crippen molar-refractivity contribution in [1.82, 2.24) is 0 Å². The first-order valence-electron chi connectivity index (χ1n) is 4.50. The first-order valence-corrected chi connectivity index (χ1v) is 4.50. The Morgan fingerprint density at radius 3 is 2.55 bits per heavy atom. The van der Waals surface area contributed by atoms with Gasteiger partial charge in [-0.2, -0.15) is 0 Å². The van der Waals surface area contributed by atoms with E-state index in [0.29, 0.717) is 6.79 Å². The molecule has 2 heteroatoms. The van der Waals surface area contributed by atoms with E-state index in [1.165, 1.54) is 32.1 Å². The summed E-state index contributed by atoms with van der Waals surface area (Å²) in [6, 6.07) is 0. The molecule has 0 radical (unpaired) electrons. The van der Waals surface area contributed by atoms with Gasteiger partial charge in [0.2, 0.25) is 0 Å². The van der Waals surface area contributed by atoms with Gasteiger partial charge in [0.25, 0.3) is 0 Å². The van der Waals surface area contributed by atoms with E-state index >= 15 is 0 Å². The van der Waals surface area contributed by atoms with Gasteiger partial charge >= 0.3 is 0 Å². The highest BCUT2D eigenvalue weighted by Gasteiger charge is 2.12. The lowest BCUT2D eigenvalue weighted by Crippen LogP contribution is -2.14. The molecule has 0 aromatic rings.